The highest BCUT2D eigenvalue weighted by molar-refractivity contribution is 8.27. The van der Waals surface area contributed by atoms with Gasteiger partial charge in [0, 0.05) is 10.6 Å². The number of thioether (sulfide) groups is 1. The van der Waals surface area contributed by atoms with E-state index in [9.17, 15) is 9.18 Å². The number of ether oxygens (including phenoxy) is 2. The lowest BCUT2D eigenvalue weighted by atomic mass is 10.1. The summed E-state index contributed by atoms with van der Waals surface area (Å²) < 4.78 is 25.5. The maximum Gasteiger partial charge on any atom is 0.270 e. The van der Waals surface area contributed by atoms with Crippen LogP contribution in [0.3, 0.4) is 0 Å². The van der Waals surface area contributed by atoms with E-state index in [1.54, 1.807) is 37.5 Å². The van der Waals surface area contributed by atoms with Gasteiger partial charge < -0.3 is 9.47 Å². The van der Waals surface area contributed by atoms with Gasteiger partial charge in [-0.1, -0.05) is 65.9 Å². The molecule has 0 spiro atoms. The number of benzene rings is 3. The van der Waals surface area contributed by atoms with Crippen molar-refractivity contribution in [2.45, 2.75) is 6.61 Å². The fraction of sp³-hybridized carbons (Fsp3) is 0.0833. The number of nitrogens with zero attached hydrogens (tertiary/aromatic N) is 1. The number of para-hydroxylation sites is 1. The lowest BCUT2D eigenvalue weighted by Crippen LogP contribution is -2.27. The molecule has 3 aromatic rings. The molecule has 1 aliphatic heterocycles. The van der Waals surface area contributed by atoms with Crippen LogP contribution in [0.5, 0.6) is 11.5 Å². The fourth-order valence-electron chi connectivity index (χ4n) is 3.14. The average Bonchev–Trinajstić information content (AvgIpc) is 3.06. The van der Waals surface area contributed by atoms with Crippen LogP contribution >= 0.6 is 35.6 Å². The van der Waals surface area contributed by atoms with Crippen LogP contribution in [-0.2, 0) is 11.4 Å². The lowest BCUT2D eigenvalue weighted by Gasteiger charge is -2.15. The first-order chi connectivity index (χ1) is 15.5. The Labute approximate surface area is 199 Å². The van der Waals surface area contributed by atoms with E-state index >= 15 is 0 Å². The Bertz CT molecular complexity index is 1210. The number of amides is 1. The number of hydrogen-bond acceptors (Lipinski definition) is 5. The van der Waals surface area contributed by atoms with Crippen molar-refractivity contribution in [1.29, 1.82) is 0 Å². The van der Waals surface area contributed by atoms with E-state index in [0.717, 1.165) is 17.3 Å². The number of methoxy groups -OCH3 is 1. The predicted molar refractivity (Wildman–Crippen MR) is 131 cm³/mol. The lowest BCUT2D eigenvalue weighted by molar-refractivity contribution is -0.113. The van der Waals surface area contributed by atoms with Gasteiger partial charge in [-0.15, -0.1) is 0 Å². The number of hydrogen-bond donors (Lipinski definition) is 0. The molecule has 0 unspecified atom stereocenters. The molecule has 4 rings (SSSR count). The Balaban J connectivity index is 1.64. The number of halogens is 2. The van der Waals surface area contributed by atoms with Crippen LogP contribution in [0.1, 0.15) is 11.1 Å². The number of thiocarbonyl (C=S) groups is 1. The summed E-state index contributed by atoms with van der Waals surface area (Å²) in [7, 11) is 1.55. The number of carbonyl (C=O) groups excluding carboxylic acids is 1. The van der Waals surface area contributed by atoms with Gasteiger partial charge in [0.1, 0.15) is 12.4 Å². The van der Waals surface area contributed by atoms with E-state index in [0.29, 0.717) is 43.6 Å². The van der Waals surface area contributed by atoms with Crippen molar-refractivity contribution >= 4 is 57.6 Å². The highest BCUT2D eigenvalue weighted by Gasteiger charge is 2.33. The molecule has 162 valence electrons. The molecule has 4 nitrogen and oxygen atoms in total. The minimum absolute atomic E-state index is 0.294. The van der Waals surface area contributed by atoms with Crippen LogP contribution in [0.25, 0.3) is 6.08 Å². The van der Waals surface area contributed by atoms with Crippen LogP contribution in [0.15, 0.2) is 71.6 Å². The summed E-state index contributed by atoms with van der Waals surface area (Å²) in [6.45, 7) is 0.294. The third-order valence-corrected chi connectivity index (χ3v) is 6.23. The monoisotopic (exact) mass is 485 g/mol. The van der Waals surface area contributed by atoms with Crippen LogP contribution < -0.4 is 14.4 Å². The highest BCUT2D eigenvalue weighted by Crippen LogP contribution is 2.39. The number of rotatable bonds is 6. The minimum atomic E-state index is -0.439. The highest BCUT2D eigenvalue weighted by atomic mass is 35.5. The van der Waals surface area contributed by atoms with Crippen molar-refractivity contribution in [3.05, 3.63) is 93.6 Å². The molecule has 0 radical (unpaired) electrons. The summed E-state index contributed by atoms with van der Waals surface area (Å²) in [5.41, 5.74) is 1.99. The van der Waals surface area contributed by atoms with Crippen molar-refractivity contribution < 1.29 is 18.7 Å². The summed E-state index contributed by atoms with van der Waals surface area (Å²) in [5, 5.41) is 0.645. The van der Waals surface area contributed by atoms with Crippen molar-refractivity contribution in [1.82, 2.24) is 0 Å². The van der Waals surface area contributed by atoms with Crippen molar-refractivity contribution in [2.75, 3.05) is 12.0 Å². The van der Waals surface area contributed by atoms with E-state index in [1.165, 1.54) is 23.1 Å². The molecule has 0 saturated carbocycles. The first-order valence-electron chi connectivity index (χ1n) is 9.54. The third kappa shape index (κ3) is 4.80. The summed E-state index contributed by atoms with van der Waals surface area (Å²) in [6.07, 6.45) is 1.71. The quantitative estimate of drug-likeness (QED) is 0.295. The Morgan fingerprint density at radius 1 is 1.12 bits per heavy atom. The largest absolute Gasteiger partial charge is 0.493 e. The first kappa shape index (κ1) is 22.3. The molecule has 1 heterocycles. The first-order valence-corrected chi connectivity index (χ1v) is 11.1. The maximum atomic E-state index is 13.7. The van der Waals surface area contributed by atoms with E-state index in [4.69, 9.17) is 33.3 Å². The molecule has 1 saturated heterocycles. The summed E-state index contributed by atoms with van der Waals surface area (Å²) >= 11 is 12.5. The predicted octanol–water partition coefficient (Wildman–Crippen LogP) is 6.47. The third-order valence-electron chi connectivity index (χ3n) is 4.67. The molecular weight excluding hydrogens is 469 g/mol. The molecule has 0 aromatic heterocycles. The van der Waals surface area contributed by atoms with E-state index in [1.807, 2.05) is 24.3 Å². The second-order valence-electron chi connectivity index (χ2n) is 6.79. The fourth-order valence-corrected chi connectivity index (χ4v) is 4.56. The molecule has 32 heavy (non-hydrogen) atoms. The topological polar surface area (TPSA) is 38.8 Å². The molecular formula is C24H17ClFNO3S2. The Hall–Kier alpha value is -2.87. The van der Waals surface area contributed by atoms with Crippen LogP contribution in [-0.4, -0.2) is 17.3 Å². The van der Waals surface area contributed by atoms with Gasteiger partial charge in [0.05, 0.1) is 17.7 Å². The Kier molecular flexibility index (Phi) is 6.79. The van der Waals surface area contributed by atoms with Gasteiger partial charge >= 0.3 is 0 Å². The van der Waals surface area contributed by atoms with Crippen LogP contribution in [0.2, 0.25) is 5.02 Å². The van der Waals surface area contributed by atoms with E-state index in [2.05, 4.69) is 0 Å². The maximum absolute atomic E-state index is 13.7. The summed E-state index contributed by atoms with van der Waals surface area (Å²) in [6, 6.07) is 18.5. The smallest absolute Gasteiger partial charge is 0.270 e. The van der Waals surface area contributed by atoms with Gasteiger partial charge in [0.2, 0.25) is 0 Å². The zero-order valence-electron chi connectivity index (χ0n) is 16.9. The Morgan fingerprint density at radius 2 is 1.88 bits per heavy atom. The summed E-state index contributed by atoms with van der Waals surface area (Å²) in [4.78, 5) is 14.8. The standard InChI is InChI=1S/C24H17ClFNO3S2/c1-29-20-7-2-4-16(22(20)30-14-15-8-10-17(25)11-9-15)12-21-23(28)27(24(31)32-21)19-6-3-5-18(26)13-19/h2-13H,14H2,1H3/b21-12-. The van der Waals surface area contributed by atoms with Crippen molar-refractivity contribution in [3.63, 3.8) is 0 Å². The van der Waals surface area contributed by atoms with Gasteiger partial charge in [-0.2, -0.15) is 0 Å². The molecule has 1 aliphatic rings. The molecule has 0 N–H and O–H groups in total. The SMILES string of the molecule is COc1cccc(/C=C2\SC(=S)N(c3cccc(F)c3)C2=O)c1OCc1ccc(Cl)cc1. The van der Waals surface area contributed by atoms with Crippen LogP contribution in [0, 0.1) is 5.82 Å². The van der Waals surface area contributed by atoms with E-state index < -0.39 is 5.82 Å². The second kappa shape index (κ2) is 9.73. The van der Waals surface area contributed by atoms with Gasteiger partial charge in [-0.25, -0.2) is 4.39 Å². The van der Waals surface area contributed by atoms with Gasteiger partial charge in [-0.05, 0) is 48.0 Å². The van der Waals surface area contributed by atoms with Crippen molar-refractivity contribution in [2.24, 2.45) is 0 Å². The van der Waals surface area contributed by atoms with Crippen molar-refractivity contribution in [3.8, 4) is 11.5 Å². The molecule has 1 fully saturated rings. The van der Waals surface area contributed by atoms with Gasteiger partial charge in [0.15, 0.2) is 15.8 Å². The zero-order valence-corrected chi connectivity index (χ0v) is 19.3. The summed E-state index contributed by atoms with van der Waals surface area (Å²) in [5.74, 6) is 0.276. The molecule has 8 heteroatoms. The molecule has 3 aromatic carbocycles. The zero-order chi connectivity index (χ0) is 22.7. The van der Waals surface area contributed by atoms with Crippen LogP contribution in [0.4, 0.5) is 10.1 Å². The Morgan fingerprint density at radius 3 is 2.59 bits per heavy atom. The minimum Gasteiger partial charge on any atom is -0.493 e. The molecule has 0 atom stereocenters. The van der Waals surface area contributed by atoms with Gasteiger partial charge in [-0.3, -0.25) is 9.69 Å². The average molecular weight is 486 g/mol. The molecule has 0 aliphatic carbocycles. The second-order valence-corrected chi connectivity index (χ2v) is 8.90. The van der Waals surface area contributed by atoms with Gasteiger partial charge in [0.25, 0.3) is 5.91 Å². The molecule has 1 amide bonds. The molecule has 0 bridgehead atoms. The normalized spacial score (nSPS) is 14.8. The number of carbonyl (C=O) groups is 1. The number of anilines is 1. The van der Waals surface area contributed by atoms with E-state index in [-0.39, 0.29) is 5.91 Å².